The molecule has 0 aromatic heterocycles. The fourth-order valence-electron chi connectivity index (χ4n) is 0.599. The monoisotopic (exact) mass is 158 g/mol. The summed E-state index contributed by atoms with van der Waals surface area (Å²) < 4.78 is 25.3. The van der Waals surface area contributed by atoms with Gasteiger partial charge < -0.3 is 0 Å². The Morgan fingerprint density at radius 1 is 1.45 bits per heavy atom. The lowest BCUT2D eigenvalue weighted by Crippen LogP contribution is -1.80. The molecule has 11 heavy (non-hydrogen) atoms. The molecule has 62 valence electrons. The average Bonchev–Trinajstić information content (AvgIpc) is 2.02. The summed E-state index contributed by atoms with van der Waals surface area (Å²) in [6, 6.07) is 0. The molecule has 0 unspecified atom stereocenters. The van der Waals surface area contributed by atoms with Crippen LogP contribution in [-0.2, 0) is 0 Å². The molecule has 0 saturated heterocycles. The Kier molecular flexibility index (Phi) is 4.42. The molecule has 0 aromatic carbocycles. The number of hydrogen-bond donors (Lipinski definition) is 0. The van der Waals surface area contributed by atoms with Crippen molar-refractivity contribution < 1.29 is 8.78 Å². The summed E-state index contributed by atoms with van der Waals surface area (Å²) in [5, 5.41) is 0. The van der Waals surface area contributed by atoms with Crippen LogP contribution in [0.4, 0.5) is 8.78 Å². The Morgan fingerprint density at radius 3 is 2.36 bits per heavy atom. The first-order chi connectivity index (χ1) is 5.13. The van der Waals surface area contributed by atoms with Gasteiger partial charge >= 0.3 is 0 Å². The smallest absolute Gasteiger partial charge is 0.128 e. The predicted octanol–water partition coefficient (Wildman–Crippen LogP) is 3.68. The molecule has 0 saturated carbocycles. The van der Waals surface area contributed by atoms with Gasteiger partial charge in [-0.25, -0.2) is 8.78 Å². The van der Waals surface area contributed by atoms with Gasteiger partial charge in [-0.2, -0.15) is 0 Å². The maximum absolute atomic E-state index is 12.7. The van der Waals surface area contributed by atoms with E-state index in [0.717, 1.165) is 6.08 Å². The van der Waals surface area contributed by atoms with E-state index in [1.54, 1.807) is 6.92 Å². The van der Waals surface area contributed by atoms with Crippen molar-refractivity contribution in [2.75, 3.05) is 0 Å². The largest absolute Gasteiger partial charge is 0.207 e. The van der Waals surface area contributed by atoms with Gasteiger partial charge in [-0.1, -0.05) is 13.5 Å². The minimum atomic E-state index is -0.604. The SMILES string of the molecule is C=C/C(F)=C(C)\C(F)=C/CC. The highest BCUT2D eigenvalue weighted by Gasteiger charge is 2.01. The van der Waals surface area contributed by atoms with E-state index < -0.39 is 11.7 Å². The molecule has 0 radical (unpaired) electrons. The second kappa shape index (κ2) is 4.83. The standard InChI is InChI=1S/C9H12F2/c1-4-6-9(11)7(3)8(10)5-2/h5-6H,2,4H2,1,3H3/b8-7+,9-6+. The maximum atomic E-state index is 12.7. The van der Waals surface area contributed by atoms with E-state index >= 15 is 0 Å². The van der Waals surface area contributed by atoms with Crippen LogP contribution < -0.4 is 0 Å². The lowest BCUT2D eigenvalue weighted by Gasteiger charge is -1.96. The highest BCUT2D eigenvalue weighted by atomic mass is 19.1. The van der Waals surface area contributed by atoms with Crippen LogP contribution in [-0.4, -0.2) is 0 Å². The Bertz CT molecular complexity index is 200. The van der Waals surface area contributed by atoms with Crippen molar-refractivity contribution in [2.24, 2.45) is 0 Å². The Balaban J connectivity index is 4.59. The van der Waals surface area contributed by atoms with Crippen molar-refractivity contribution in [1.29, 1.82) is 0 Å². The summed E-state index contributed by atoms with van der Waals surface area (Å²) in [6.45, 7) is 6.38. The van der Waals surface area contributed by atoms with Gasteiger partial charge in [0.2, 0.25) is 0 Å². The van der Waals surface area contributed by atoms with E-state index in [-0.39, 0.29) is 5.57 Å². The summed E-state index contributed by atoms with van der Waals surface area (Å²) in [5.74, 6) is -1.11. The summed E-state index contributed by atoms with van der Waals surface area (Å²) in [5.41, 5.74) is 0.0156. The van der Waals surface area contributed by atoms with Gasteiger partial charge in [0.15, 0.2) is 0 Å². The zero-order chi connectivity index (χ0) is 8.85. The highest BCUT2D eigenvalue weighted by molar-refractivity contribution is 5.30. The molecular formula is C9H12F2. The van der Waals surface area contributed by atoms with Gasteiger partial charge in [0.1, 0.15) is 11.7 Å². The second-order valence-electron chi connectivity index (χ2n) is 2.14. The van der Waals surface area contributed by atoms with Crippen LogP contribution in [0, 0.1) is 0 Å². The van der Waals surface area contributed by atoms with Crippen molar-refractivity contribution in [2.45, 2.75) is 20.3 Å². The minimum absolute atomic E-state index is 0.0156. The molecule has 0 atom stereocenters. The Hall–Kier alpha value is -0.920. The lowest BCUT2D eigenvalue weighted by molar-refractivity contribution is 0.607. The van der Waals surface area contributed by atoms with Crippen molar-refractivity contribution in [3.8, 4) is 0 Å². The fraction of sp³-hybridized carbons (Fsp3) is 0.333. The third kappa shape index (κ3) is 3.12. The topological polar surface area (TPSA) is 0 Å². The third-order valence-electron chi connectivity index (χ3n) is 1.28. The lowest BCUT2D eigenvalue weighted by atomic mass is 10.2. The van der Waals surface area contributed by atoms with Crippen LogP contribution in [0.3, 0.4) is 0 Å². The van der Waals surface area contributed by atoms with E-state index in [0.29, 0.717) is 6.42 Å². The van der Waals surface area contributed by atoms with Crippen molar-refractivity contribution in [1.82, 2.24) is 0 Å². The maximum Gasteiger partial charge on any atom is 0.128 e. The van der Waals surface area contributed by atoms with Crippen LogP contribution in [0.2, 0.25) is 0 Å². The molecule has 0 aliphatic heterocycles. The molecule has 0 rings (SSSR count). The molecule has 0 bridgehead atoms. The van der Waals surface area contributed by atoms with Crippen molar-refractivity contribution >= 4 is 0 Å². The zero-order valence-electron chi connectivity index (χ0n) is 6.82. The average molecular weight is 158 g/mol. The number of halogens is 2. The Labute approximate surface area is 65.9 Å². The van der Waals surface area contributed by atoms with Gasteiger partial charge in [-0.05, 0) is 25.5 Å². The molecule has 0 fully saturated rings. The first kappa shape index (κ1) is 10.1. The first-order valence-corrected chi connectivity index (χ1v) is 3.48. The van der Waals surface area contributed by atoms with E-state index in [9.17, 15) is 8.78 Å². The van der Waals surface area contributed by atoms with Crippen LogP contribution in [0.5, 0.6) is 0 Å². The summed E-state index contributed by atoms with van der Waals surface area (Å²) in [4.78, 5) is 0. The number of allylic oxidation sites excluding steroid dienone is 5. The van der Waals surface area contributed by atoms with Gasteiger partial charge in [0, 0.05) is 5.57 Å². The normalized spacial score (nSPS) is 14.4. The molecule has 0 N–H and O–H groups in total. The summed E-state index contributed by atoms with van der Waals surface area (Å²) in [7, 11) is 0. The van der Waals surface area contributed by atoms with Crippen LogP contribution in [0.1, 0.15) is 20.3 Å². The van der Waals surface area contributed by atoms with Crippen LogP contribution >= 0.6 is 0 Å². The summed E-state index contributed by atoms with van der Waals surface area (Å²) in [6.07, 6.45) is 2.89. The van der Waals surface area contributed by atoms with Crippen molar-refractivity contribution in [3.05, 3.63) is 36.0 Å². The molecule has 0 nitrogen and oxygen atoms in total. The molecule has 2 heteroatoms. The molecule has 0 aliphatic rings. The van der Waals surface area contributed by atoms with E-state index in [4.69, 9.17) is 0 Å². The van der Waals surface area contributed by atoms with E-state index in [2.05, 4.69) is 6.58 Å². The first-order valence-electron chi connectivity index (χ1n) is 3.48. The van der Waals surface area contributed by atoms with Gasteiger partial charge in [-0.15, -0.1) is 0 Å². The van der Waals surface area contributed by atoms with Gasteiger partial charge in [0.25, 0.3) is 0 Å². The van der Waals surface area contributed by atoms with Crippen LogP contribution in [0.15, 0.2) is 36.0 Å². The zero-order valence-corrected chi connectivity index (χ0v) is 6.82. The van der Waals surface area contributed by atoms with Gasteiger partial charge in [-0.3, -0.25) is 0 Å². The molecule has 0 amide bonds. The van der Waals surface area contributed by atoms with E-state index in [1.165, 1.54) is 13.0 Å². The Morgan fingerprint density at radius 2 is 2.00 bits per heavy atom. The quantitative estimate of drug-likeness (QED) is 0.549. The third-order valence-corrected chi connectivity index (χ3v) is 1.28. The van der Waals surface area contributed by atoms with Crippen LogP contribution in [0.25, 0.3) is 0 Å². The number of rotatable bonds is 3. The van der Waals surface area contributed by atoms with E-state index in [1.807, 2.05) is 0 Å². The molecule has 0 aromatic rings. The van der Waals surface area contributed by atoms with Gasteiger partial charge in [0.05, 0.1) is 0 Å². The molecule has 0 aliphatic carbocycles. The second-order valence-corrected chi connectivity index (χ2v) is 2.14. The summed E-state index contributed by atoms with van der Waals surface area (Å²) >= 11 is 0. The van der Waals surface area contributed by atoms with Crippen molar-refractivity contribution in [3.63, 3.8) is 0 Å². The molecule has 0 spiro atoms. The molecule has 0 heterocycles. The number of hydrogen-bond acceptors (Lipinski definition) is 0. The molecular weight excluding hydrogens is 146 g/mol. The fourth-order valence-corrected chi connectivity index (χ4v) is 0.599. The minimum Gasteiger partial charge on any atom is -0.207 e. The predicted molar refractivity (Wildman–Crippen MR) is 43.5 cm³/mol. The highest BCUT2D eigenvalue weighted by Crippen LogP contribution is 2.17.